The Morgan fingerprint density at radius 1 is 1.11 bits per heavy atom. The van der Waals surface area contributed by atoms with E-state index in [1.165, 1.54) is 0 Å². The van der Waals surface area contributed by atoms with Gasteiger partial charge < -0.3 is 5.32 Å². The summed E-state index contributed by atoms with van der Waals surface area (Å²) < 4.78 is 38.9. The van der Waals surface area contributed by atoms with Crippen molar-refractivity contribution in [3.05, 3.63) is 0 Å². The topological polar surface area (TPSA) is 12.0 Å². The van der Waals surface area contributed by atoms with Crippen molar-refractivity contribution in [2.75, 3.05) is 0 Å². The Morgan fingerprint density at radius 2 is 1.67 bits per heavy atom. The summed E-state index contributed by atoms with van der Waals surface area (Å²) in [6, 6.07) is -0.206. The predicted octanol–water partition coefficient (Wildman–Crippen LogP) is 4.52. The first kappa shape index (κ1) is 15.8. The molecule has 1 saturated carbocycles. The molecule has 3 unspecified atom stereocenters. The van der Waals surface area contributed by atoms with Crippen molar-refractivity contribution in [1.29, 1.82) is 0 Å². The van der Waals surface area contributed by atoms with Gasteiger partial charge >= 0.3 is 6.18 Å². The average Bonchev–Trinajstić information content (AvgIpc) is 2.30. The molecule has 0 radical (unpaired) electrons. The molecule has 1 fully saturated rings. The molecule has 0 amide bonds. The SMILES string of the molecule is CCC(CC)C(C)NC1CCCCC1C(F)(F)F. The van der Waals surface area contributed by atoms with Gasteiger partial charge in [-0.3, -0.25) is 0 Å². The predicted molar refractivity (Wildman–Crippen MR) is 68.5 cm³/mol. The van der Waals surface area contributed by atoms with Crippen molar-refractivity contribution >= 4 is 0 Å². The van der Waals surface area contributed by atoms with E-state index in [4.69, 9.17) is 0 Å². The Bertz CT molecular complexity index is 236. The van der Waals surface area contributed by atoms with Gasteiger partial charge in [-0.25, -0.2) is 0 Å². The van der Waals surface area contributed by atoms with E-state index in [1.807, 2.05) is 6.92 Å². The van der Waals surface area contributed by atoms with Crippen molar-refractivity contribution in [1.82, 2.24) is 5.32 Å². The fourth-order valence-corrected chi connectivity index (χ4v) is 3.19. The quantitative estimate of drug-likeness (QED) is 0.770. The maximum Gasteiger partial charge on any atom is 0.393 e. The Kier molecular flexibility index (Phi) is 5.96. The maximum atomic E-state index is 13.0. The minimum atomic E-state index is -4.05. The molecule has 0 heterocycles. The highest BCUT2D eigenvalue weighted by molar-refractivity contribution is 4.88. The Balaban J connectivity index is 2.62. The summed E-state index contributed by atoms with van der Waals surface area (Å²) in [4.78, 5) is 0. The summed E-state index contributed by atoms with van der Waals surface area (Å²) in [6.07, 6.45) is 0.570. The van der Waals surface area contributed by atoms with Gasteiger partial charge in [-0.2, -0.15) is 13.2 Å². The van der Waals surface area contributed by atoms with Crippen molar-refractivity contribution in [3.8, 4) is 0 Å². The monoisotopic (exact) mass is 265 g/mol. The molecule has 1 rings (SSSR count). The first-order valence-corrected chi connectivity index (χ1v) is 7.22. The Labute approximate surface area is 109 Å². The zero-order valence-corrected chi connectivity index (χ0v) is 11.7. The third-order valence-electron chi connectivity index (χ3n) is 4.42. The van der Waals surface area contributed by atoms with Gasteiger partial charge in [0.1, 0.15) is 0 Å². The van der Waals surface area contributed by atoms with Gasteiger partial charge in [0, 0.05) is 12.1 Å². The van der Waals surface area contributed by atoms with Crippen LogP contribution in [0.4, 0.5) is 13.2 Å². The molecule has 0 bridgehead atoms. The van der Waals surface area contributed by atoms with Crippen LogP contribution in [-0.4, -0.2) is 18.3 Å². The number of hydrogen-bond acceptors (Lipinski definition) is 1. The van der Waals surface area contributed by atoms with Crippen LogP contribution in [0, 0.1) is 11.8 Å². The van der Waals surface area contributed by atoms with Crippen LogP contribution in [0.15, 0.2) is 0 Å². The molecule has 18 heavy (non-hydrogen) atoms. The number of rotatable bonds is 5. The first-order valence-electron chi connectivity index (χ1n) is 7.22. The molecule has 0 spiro atoms. The largest absolute Gasteiger partial charge is 0.393 e. The normalized spacial score (nSPS) is 27.5. The molecule has 4 heteroatoms. The van der Waals surface area contributed by atoms with Crippen LogP contribution in [0.1, 0.15) is 59.3 Å². The standard InChI is InChI=1S/C14H26F3N/c1-4-11(5-2)10(3)18-13-9-7-6-8-12(13)14(15,16)17/h10-13,18H,4-9H2,1-3H3. The van der Waals surface area contributed by atoms with Crippen LogP contribution in [0.2, 0.25) is 0 Å². The van der Waals surface area contributed by atoms with E-state index in [2.05, 4.69) is 19.2 Å². The third-order valence-corrected chi connectivity index (χ3v) is 4.42. The van der Waals surface area contributed by atoms with Crippen molar-refractivity contribution < 1.29 is 13.2 Å². The first-order chi connectivity index (χ1) is 8.40. The Morgan fingerprint density at radius 3 is 2.17 bits per heavy atom. The summed E-state index contributed by atoms with van der Waals surface area (Å²) in [5.41, 5.74) is 0. The summed E-state index contributed by atoms with van der Waals surface area (Å²) >= 11 is 0. The third kappa shape index (κ3) is 4.15. The number of nitrogens with one attached hydrogen (secondary N) is 1. The van der Waals surface area contributed by atoms with Gasteiger partial charge in [0.2, 0.25) is 0 Å². The molecular formula is C14H26F3N. The van der Waals surface area contributed by atoms with E-state index in [1.54, 1.807) is 0 Å². The molecule has 0 aromatic rings. The lowest BCUT2D eigenvalue weighted by molar-refractivity contribution is -0.189. The number of alkyl halides is 3. The van der Waals surface area contributed by atoms with Crippen molar-refractivity contribution in [3.63, 3.8) is 0 Å². The highest BCUT2D eigenvalue weighted by Gasteiger charge is 2.45. The molecule has 0 aliphatic heterocycles. The highest BCUT2D eigenvalue weighted by Crippen LogP contribution is 2.38. The molecule has 1 N–H and O–H groups in total. The minimum absolute atomic E-state index is 0.174. The smallest absolute Gasteiger partial charge is 0.311 e. The lowest BCUT2D eigenvalue weighted by Gasteiger charge is -2.37. The average molecular weight is 265 g/mol. The summed E-state index contributed by atoms with van der Waals surface area (Å²) in [6.45, 7) is 6.24. The summed E-state index contributed by atoms with van der Waals surface area (Å²) in [5, 5.41) is 3.26. The van der Waals surface area contributed by atoms with E-state index >= 15 is 0 Å². The highest BCUT2D eigenvalue weighted by atomic mass is 19.4. The molecule has 1 aliphatic rings. The van der Waals surface area contributed by atoms with Crippen LogP contribution < -0.4 is 5.32 Å². The van der Waals surface area contributed by atoms with Gasteiger partial charge in [0.05, 0.1) is 5.92 Å². The van der Waals surface area contributed by atoms with Crippen LogP contribution in [-0.2, 0) is 0 Å². The molecule has 0 saturated heterocycles. The van der Waals surface area contributed by atoms with Gasteiger partial charge in [0.25, 0.3) is 0 Å². The van der Waals surface area contributed by atoms with Crippen LogP contribution in [0.25, 0.3) is 0 Å². The molecule has 3 atom stereocenters. The van der Waals surface area contributed by atoms with E-state index in [0.29, 0.717) is 18.8 Å². The molecule has 0 aromatic carbocycles. The van der Waals surface area contributed by atoms with Gasteiger partial charge in [0.15, 0.2) is 0 Å². The fourth-order valence-electron chi connectivity index (χ4n) is 3.19. The van der Waals surface area contributed by atoms with E-state index < -0.39 is 12.1 Å². The lowest BCUT2D eigenvalue weighted by Crippen LogP contribution is -2.50. The number of hydrogen-bond donors (Lipinski definition) is 1. The second kappa shape index (κ2) is 6.78. The Hall–Kier alpha value is -0.250. The van der Waals surface area contributed by atoms with Crippen LogP contribution in [0.3, 0.4) is 0 Å². The van der Waals surface area contributed by atoms with Gasteiger partial charge in [-0.05, 0) is 25.7 Å². The minimum Gasteiger partial charge on any atom is -0.311 e. The zero-order valence-electron chi connectivity index (χ0n) is 11.7. The van der Waals surface area contributed by atoms with E-state index in [0.717, 1.165) is 19.3 Å². The van der Waals surface area contributed by atoms with E-state index in [9.17, 15) is 13.2 Å². The molecule has 108 valence electrons. The van der Waals surface area contributed by atoms with Crippen molar-refractivity contribution in [2.24, 2.45) is 11.8 Å². The zero-order chi connectivity index (χ0) is 13.8. The molecule has 0 aromatic heterocycles. The lowest BCUT2D eigenvalue weighted by atomic mass is 9.82. The summed E-state index contributed by atoms with van der Waals surface area (Å²) in [5.74, 6) is -0.677. The maximum absolute atomic E-state index is 13.0. The second-order valence-corrected chi connectivity index (χ2v) is 5.57. The molecular weight excluding hydrogens is 239 g/mol. The van der Waals surface area contributed by atoms with Crippen LogP contribution >= 0.6 is 0 Å². The molecule has 1 aliphatic carbocycles. The molecule has 1 nitrogen and oxygen atoms in total. The van der Waals surface area contributed by atoms with E-state index in [-0.39, 0.29) is 18.5 Å². The van der Waals surface area contributed by atoms with Crippen LogP contribution in [0.5, 0.6) is 0 Å². The van der Waals surface area contributed by atoms with Gasteiger partial charge in [-0.15, -0.1) is 0 Å². The summed E-state index contributed by atoms with van der Waals surface area (Å²) in [7, 11) is 0. The van der Waals surface area contributed by atoms with Crippen molar-refractivity contribution in [2.45, 2.75) is 77.6 Å². The van der Waals surface area contributed by atoms with Gasteiger partial charge in [-0.1, -0.05) is 39.5 Å². The fraction of sp³-hybridized carbons (Fsp3) is 1.00. The number of halogens is 3. The second-order valence-electron chi connectivity index (χ2n) is 5.57.